The number of ketones is 1. The normalized spacial score (nSPS) is 21.1. The van der Waals surface area contributed by atoms with Crippen LogP contribution in [0.4, 0.5) is 0 Å². The Kier molecular flexibility index (Phi) is 3.66. The van der Waals surface area contributed by atoms with Crippen LogP contribution < -0.4 is 0 Å². The van der Waals surface area contributed by atoms with Crippen molar-refractivity contribution in [2.75, 3.05) is 0 Å². The Morgan fingerprint density at radius 1 is 1.13 bits per heavy atom. The number of allylic oxidation sites excluding steroid dienone is 1. The van der Waals surface area contributed by atoms with Gasteiger partial charge in [0.15, 0.2) is 0 Å². The maximum absolute atomic E-state index is 11.6. The van der Waals surface area contributed by atoms with Gasteiger partial charge in [-0.15, -0.1) is 0 Å². The van der Waals surface area contributed by atoms with Gasteiger partial charge in [-0.05, 0) is 26.7 Å². The monoisotopic (exact) mass is 210 g/mol. The van der Waals surface area contributed by atoms with Crippen molar-refractivity contribution in [1.29, 1.82) is 0 Å². The zero-order valence-electron chi connectivity index (χ0n) is 9.38. The van der Waals surface area contributed by atoms with Gasteiger partial charge in [0.1, 0.15) is 5.78 Å². The molecule has 0 bridgehead atoms. The minimum absolute atomic E-state index is 0.0998. The third kappa shape index (κ3) is 2.67. The SMILES string of the molecule is CC(=O)C1(/C=C(\C)C(=O)O)CCCCC1. The van der Waals surface area contributed by atoms with E-state index in [1.165, 1.54) is 0 Å². The number of Topliss-reactive ketones (excluding diaryl/α,β-unsaturated/α-hetero) is 1. The summed E-state index contributed by atoms with van der Waals surface area (Å²) in [6.45, 7) is 3.12. The van der Waals surface area contributed by atoms with Gasteiger partial charge in [0, 0.05) is 11.0 Å². The lowest BCUT2D eigenvalue weighted by Crippen LogP contribution is -2.30. The van der Waals surface area contributed by atoms with Crippen LogP contribution in [0.2, 0.25) is 0 Å². The zero-order chi connectivity index (χ0) is 11.5. The van der Waals surface area contributed by atoms with Crippen LogP contribution in [0.3, 0.4) is 0 Å². The lowest BCUT2D eigenvalue weighted by Gasteiger charge is -2.32. The molecule has 0 radical (unpaired) electrons. The van der Waals surface area contributed by atoms with Crippen molar-refractivity contribution in [2.24, 2.45) is 5.41 Å². The van der Waals surface area contributed by atoms with Gasteiger partial charge < -0.3 is 5.11 Å². The van der Waals surface area contributed by atoms with E-state index in [9.17, 15) is 9.59 Å². The molecule has 3 nitrogen and oxygen atoms in total. The maximum atomic E-state index is 11.6. The van der Waals surface area contributed by atoms with E-state index in [0.717, 1.165) is 32.1 Å². The quantitative estimate of drug-likeness (QED) is 0.728. The van der Waals surface area contributed by atoms with Crippen LogP contribution in [0.15, 0.2) is 11.6 Å². The Labute approximate surface area is 90.2 Å². The molecule has 0 aromatic rings. The fourth-order valence-corrected chi connectivity index (χ4v) is 2.26. The molecule has 0 unspecified atom stereocenters. The maximum Gasteiger partial charge on any atom is 0.330 e. The molecule has 0 spiro atoms. The van der Waals surface area contributed by atoms with Gasteiger partial charge in [-0.3, -0.25) is 4.79 Å². The van der Waals surface area contributed by atoms with E-state index in [1.54, 1.807) is 19.9 Å². The van der Waals surface area contributed by atoms with E-state index in [-0.39, 0.29) is 11.4 Å². The molecule has 0 amide bonds. The fraction of sp³-hybridized carbons (Fsp3) is 0.667. The van der Waals surface area contributed by atoms with Crippen molar-refractivity contribution in [2.45, 2.75) is 46.0 Å². The van der Waals surface area contributed by atoms with Crippen molar-refractivity contribution in [3.05, 3.63) is 11.6 Å². The summed E-state index contributed by atoms with van der Waals surface area (Å²) >= 11 is 0. The summed E-state index contributed by atoms with van der Waals surface area (Å²) in [5.74, 6) is -0.830. The van der Waals surface area contributed by atoms with Crippen LogP contribution in [0.1, 0.15) is 46.0 Å². The summed E-state index contributed by atoms with van der Waals surface area (Å²) in [6.07, 6.45) is 6.44. The molecule has 0 saturated heterocycles. The molecule has 0 atom stereocenters. The average Bonchev–Trinajstić information content (AvgIpc) is 2.18. The molecule has 84 valence electrons. The standard InChI is InChI=1S/C12H18O3/c1-9(11(14)15)8-12(10(2)13)6-4-3-5-7-12/h8H,3-7H2,1-2H3,(H,14,15)/b9-8+. The van der Waals surface area contributed by atoms with E-state index < -0.39 is 11.4 Å². The summed E-state index contributed by atoms with van der Waals surface area (Å²) in [5, 5.41) is 8.83. The number of carboxylic acids is 1. The van der Waals surface area contributed by atoms with E-state index >= 15 is 0 Å². The van der Waals surface area contributed by atoms with Gasteiger partial charge >= 0.3 is 5.97 Å². The highest BCUT2D eigenvalue weighted by Gasteiger charge is 2.35. The molecule has 1 aliphatic rings. The van der Waals surface area contributed by atoms with Crippen LogP contribution in [-0.2, 0) is 9.59 Å². The second-order valence-electron chi connectivity index (χ2n) is 4.41. The molecule has 0 aromatic heterocycles. The minimum atomic E-state index is -0.929. The lowest BCUT2D eigenvalue weighted by atomic mass is 9.70. The molecule has 1 rings (SSSR count). The van der Waals surface area contributed by atoms with Gasteiger partial charge in [-0.2, -0.15) is 0 Å². The first-order valence-electron chi connectivity index (χ1n) is 5.42. The number of rotatable bonds is 3. The van der Waals surface area contributed by atoms with Gasteiger partial charge in [0.2, 0.25) is 0 Å². The Hall–Kier alpha value is -1.12. The smallest absolute Gasteiger partial charge is 0.330 e. The summed E-state index contributed by atoms with van der Waals surface area (Å²) in [5.41, 5.74) is -0.215. The molecule has 0 aliphatic heterocycles. The van der Waals surface area contributed by atoms with E-state index in [4.69, 9.17) is 5.11 Å². The number of hydrogen-bond acceptors (Lipinski definition) is 2. The van der Waals surface area contributed by atoms with Crippen molar-refractivity contribution < 1.29 is 14.7 Å². The lowest BCUT2D eigenvalue weighted by molar-refractivity contribution is -0.132. The summed E-state index contributed by atoms with van der Waals surface area (Å²) in [7, 11) is 0. The van der Waals surface area contributed by atoms with Crippen LogP contribution in [0.25, 0.3) is 0 Å². The third-order valence-electron chi connectivity index (χ3n) is 3.28. The van der Waals surface area contributed by atoms with Crippen LogP contribution in [0, 0.1) is 5.41 Å². The number of carboxylic acid groups (broad SMARTS) is 1. The fourth-order valence-electron chi connectivity index (χ4n) is 2.26. The Balaban J connectivity index is 2.96. The van der Waals surface area contributed by atoms with Crippen molar-refractivity contribution >= 4 is 11.8 Å². The zero-order valence-corrected chi connectivity index (χ0v) is 9.38. The largest absolute Gasteiger partial charge is 0.478 e. The predicted octanol–water partition coefficient (Wildman–Crippen LogP) is 2.56. The number of carbonyl (C=O) groups is 2. The highest BCUT2D eigenvalue weighted by Crippen LogP contribution is 2.39. The van der Waals surface area contributed by atoms with Crippen molar-refractivity contribution in [1.82, 2.24) is 0 Å². The van der Waals surface area contributed by atoms with Gasteiger partial charge in [-0.25, -0.2) is 4.79 Å². The van der Waals surface area contributed by atoms with Crippen LogP contribution >= 0.6 is 0 Å². The Bertz CT molecular complexity index is 296. The second kappa shape index (κ2) is 4.60. The highest BCUT2D eigenvalue weighted by atomic mass is 16.4. The first-order valence-corrected chi connectivity index (χ1v) is 5.42. The van der Waals surface area contributed by atoms with Gasteiger partial charge in [0.25, 0.3) is 0 Å². The van der Waals surface area contributed by atoms with E-state index in [0.29, 0.717) is 0 Å². The predicted molar refractivity (Wildman–Crippen MR) is 57.6 cm³/mol. The summed E-state index contributed by atoms with van der Waals surface area (Å²) in [4.78, 5) is 22.4. The van der Waals surface area contributed by atoms with Crippen molar-refractivity contribution in [3.8, 4) is 0 Å². The number of carbonyl (C=O) groups excluding carboxylic acids is 1. The second-order valence-corrected chi connectivity index (χ2v) is 4.41. The molecule has 0 aromatic carbocycles. The van der Waals surface area contributed by atoms with Crippen LogP contribution in [0.5, 0.6) is 0 Å². The Morgan fingerprint density at radius 3 is 2.07 bits per heavy atom. The first-order chi connectivity index (χ1) is 6.98. The Morgan fingerprint density at radius 2 is 1.67 bits per heavy atom. The molecule has 1 N–H and O–H groups in total. The minimum Gasteiger partial charge on any atom is -0.478 e. The van der Waals surface area contributed by atoms with E-state index in [2.05, 4.69) is 0 Å². The highest BCUT2D eigenvalue weighted by molar-refractivity contribution is 5.90. The first kappa shape index (κ1) is 12.0. The summed E-state index contributed by atoms with van der Waals surface area (Å²) < 4.78 is 0. The number of aliphatic carboxylic acids is 1. The molecule has 1 saturated carbocycles. The molecular formula is C12H18O3. The van der Waals surface area contributed by atoms with Crippen molar-refractivity contribution in [3.63, 3.8) is 0 Å². The topological polar surface area (TPSA) is 54.4 Å². The third-order valence-corrected chi connectivity index (χ3v) is 3.28. The molecule has 0 heterocycles. The number of hydrogen-bond donors (Lipinski definition) is 1. The molecular weight excluding hydrogens is 192 g/mol. The summed E-state index contributed by atoms with van der Waals surface area (Å²) in [6, 6.07) is 0. The molecule has 1 fully saturated rings. The van der Waals surface area contributed by atoms with E-state index in [1.807, 2.05) is 0 Å². The molecule has 1 aliphatic carbocycles. The average molecular weight is 210 g/mol. The van der Waals surface area contributed by atoms with Gasteiger partial charge in [0.05, 0.1) is 0 Å². The molecule has 3 heteroatoms. The molecule has 15 heavy (non-hydrogen) atoms. The van der Waals surface area contributed by atoms with Crippen LogP contribution in [-0.4, -0.2) is 16.9 Å². The van der Waals surface area contributed by atoms with Gasteiger partial charge in [-0.1, -0.05) is 25.3 Å².